The summed E-state index contributed by atoms with van der Waals surface area (Å²) in [6.45, 7) is 9.22. The van der Waals surface area contributed by atoms with Gasteiger partial charge in [-0.25, -0.2) is 0 Å². The van der Waals surface area contributed by atoms with Crippen LogP contribution in [0.4, 0.5) is 0 Å². The first-order valence-corrected chi connectivity index (χ1v) is 13.7. The van der Waals surface area contributed by atoms with E-state index in [9.17, 15) is 0 Å². The van der Waals surface area contributed by atoms with Crippen molar-refractivity contribution in [3.8, 4) is 0 Å². The average Bonchev–Trinajstić information content (AvgIpc) is 3.28. The van der Waals surface area contributed by atoms with Crippen LogP contribution in [0.2, 0.25) is 0 Å². The molecule has 0 bridgehead atoms. The smallest absolute Gasteiger partial charge is 0.0181 e. The molecule has 0 saturated heterocycles. The molecule has 0 heterocycles. The predicted octanol–water partition coefficient (Wildman–Crippen LogP) is 10.6. The van der Waals surface area contributed by atoms with Crippen LogP contribution in [0.3, 0.4) is 0 Å². The van der Waals surface area contributed by atoms with E-state index in [0.717, 1.165) is 8.95 Å². The van der Waals surface area contributed by atoms with Crippen LogP contribution >= 0.6 is 31.9 Å². The molecule has 6 rings (SSSR count). The Kier molecular flexibility index (Phi) is 5.39. The number of hydrogen-bond donors (Lipinski definition) is 0. The lowest BCUT2D eigenvalue weighted by Gasteiger charge is -2.21. The summed E-state index contributed by atoms with van der Waals surface area (Å²) in [6.07, 6.45) is 7.24. The summed E-state index contributed by atoms with van der Waals surface area (Å²) in [5.41, 5.74) is 11.8. The topological polar surface area (TPSA) is 0 Å². The zero-order valence-corrected chi connectivity index (χ0v) is 23.3. The van der Waals surface area contributed by atoms with Crippen molar-refractivity contribution < 1.29 is 0 Å². The summed E-state index contributed by atoms with van der Waals surface area (Å²) in [5, 5.41) is 5.41. The Morgan fingerprint density at radius 1 is 0.588 bits per heavy atom. The van der Waals surface area contributed by atoms with Crippen LogP contribution in [0.1, 0.15) is 71.9 Å². The molecule has 0 amide bonds. The summed E-state index contributed by atoms with van der Waals surface area (Å²) in [7, 11) is 0. The van der Waals surface area contributed by atoms with E-state index in [-0.39, 0.29) is 0 Å². The third-order valence-electron chi connectivity index (χ3n) is 8.23. The average molecular weight is 572 g/mol. The molecule has 2 aliphatic carbocycles. The monoisotopic (exact) mass is 570 g/mol. The highest BCUT2D eigenvalue weighted by Crippen LogP contribution is 2.48. The normalized spacial score (nSPS) is 18.9. The molecule has 0 spiro atoms. The predicted molar refractivity (Wildman–Crippen MR) is 155 cm³/mol. The van der Waals surface area contributed by atoms with Gasteiger partial charge in [0, 0.05) is 20.8 Å². The molecule has 2 heteroatoms. The first-order valence-electron chi connectivity index (χ1n) is 12.1. The lowest BCUT2D eigenvalue weighted by Crippen LogP contribution is -2.04. The Hall–Kier alpha value is -2.16. The van der Waals surface area contributed by atoms with Crippen molar-refractivity contribution in [2.75, 3.05) is 0 Å². The van der Waals surface area contributed by atoms with Crippen LogP contribution in [0.25, 0.3) is 33.7 Å². The van der Waals surface area contributed by atoms with Crippen molar-refractivity contribution in [3.63, 3.8) is 0 Å². The van der Waals surface area contributed by atoms with Crippen LogP contribution in [0.15, 0.2) is 68.6 Å². The fraction of sp³-hybridized carbons (Fsp3) is 0.250. The van der Waals surface area contributed by atoms with Gasteiger partial charge < -0.3 is 0 Å². The van der Waals surface area contributed by atoms with Crippen molar-refractivity contribution in [1.82, 2.24) is 0 Å². The van der Waals surface area contributed by atoms with Crippen molar-refractivity contribution in [2.45, 2.75) is 52.4 Å². The fourth-order valence-electron chi connectivity index (χ4n) is 6.41. The second-order valence-electron chi connectivity index (χ2n) is 10.2. The van der Waals surface area contributed by atoms with Gasteiger partial charge in [-0.1, -0.05) is 67.3 Å². The highest BCUT2D eigenvalue weighted by molar-refractivity contribution is 9.10. The molecule has 0 fully saturated rings. The van der Waals surface area contributed by atoms with Crippen LogP contribution in [0, 0.1) is 13.8 Å². The van der Waals surface area contributed by atoms with Gasteiger partial charge in [0.15, 0.2) is 0 Å². The lowest BCUT2D eigenvalue weighted by atomic mass is 9.83. The molecule has 0 aliphatic heterocycles. The molecule has 34 heavy (non-hydrogen) atoms. The minimum absolute atomic E-state index is 0.504. The maximum atomic E-state index is 3.67. The maximum Gasteiger partial charge on any atom is 0.0181 e. The number of aryl methyl sites for hydroxylation is 2. The zero-order chi connectivity index (χ0) is 23.7. The van der Waals surface area contributed by atoms with Gasteiger partial charge in [-0.15, -0.1) is 0 Å². The zero-order valence-electron chi connectivity index (χ0n) is 20.1. The number of halogens is 2. The molecular formula is C32H28Br2. The molecule has 0 radical (unpaired) electrons. The van der Waals surface area contributed by atoms with E-state index in [0.29, 0.717) is 11.8 Å². The molecule has 2 aliphatic rings. The molecule has 0 aromatic heterocycles. The summed E-state index contributed by atoms with van der Waals surface area (Å²) in [4.78, 5) is 0. The standard InChI is InChI=1S/C32H28Br2/c1-17-11-29-19(3)27-7-5-23(33)13-21(27)15-31(29)25(17)9-10-26-18(2)12-30-20(4)28-8-6-24(34)14-22(28)16-32(26)30/h5-8,11-16,25-26H,9-10H2,1-4H3. The summed E-state index contributed by atoms with van der Waals surface area (Å²) in [6, 6.07) is 18.2. The second-order valence-corrected chi connectivity index (χ2v) is 12.0. The highest BCUT2D eigenvalue weighted by Gasteiger charge is 2.29. The van der Waals surface area contributed by atoms with Gasteiger partial charge in [-0.2, -0.15) is 0 Å². The molecule has 170 valence electrons. The van der Waals surface area contributed by atoms with Gasteiger partial charge >= 0.3 is 0 Å². The highest BCUT2D eigenvalue weighted by atomic mass is 79.9. The van der Waals surface area contributed by atoms with Crippen LogP contribution in [0.5, 0.6) is 0 Å². The minimum atomic E-state index is 0.504. The third kappa shape index (κ3) is 3.45. The van der Waals surface area contributed by atoms with Crippen molar-refractivity contribution in [3.05, 3.63) is 102 Å². The van der Waals surface area contributed by atoms with E-state index >= 15 is 0 Å². The first-order chi connectivity index (χ1) is 16.3. The molecule has 2 atom stereocenters. The Labute approximate surface area is 219 Å². The van der Waals surface area contributed by atoms with Crippen molar-refractivity contribution >= 4 is 65.6 Å². The van der Waals surface area contributed by atoms with Crippen molar-refractivity contribution in [2.24, 2.45) is 0 Å². The van der Waals surface area contributed by atoms with E-state index in [1.807, 2.05) is 0 Å². The number of benzene rings is 4. The van der Waals surface area contributed by atoms with Gasteiger partial charge in [-0.3, -0.25) is 0 Å². The SMILES string of the molecule is CC1=Cc2c(cc3cc(Br)ccc3c2C)C1CCC1C(C)=Cc2c1cc1cc(Br)ccc1c2C. The van der Waals surface area contributed by atoms with E-state index in [4.69, 9.17) is 0 Å². The largest absolute Gasteiger partial charge is 0.0652 e. The number of hydrogen-bond acceptors (Lipinski definition) is 0. The maximum absolute atomic E-state index is 3.67. The minimum Gasteiger partial charge on any atom is -0.0652 e. The third-order valence-corrected chi connectivity index (χ3v) is 9.21. The van der Waals surface area contributed by atoms with Crippen molar-refractivity contribution in [1.29, 1.82) is 0 Å². The Morgan fingerprint density at radius 3 is 1.41 bits per heavy atom. The Balaban J connectivity index is 1.35. The van der Waals surface area contributed by atoms with Crippen LogP contribution in [-0.2, 0) is 0 Å². The van der Waals surface area contributed by atoms with Gasteiger partial charge in [-0.05, 0) is 132 Å². The van der Waals surface area contributed by atoms with Gasteiger partial charge in [0.05, 0.1) is 0 Å². The van der Waals surface area contributed by atoms with E-state index in [1.54, 1.807) is 0 Å². The van der Waals surface area contributed by atoms with Crippen LogP contribution in [-0.4, -0.2) is 0 Å². The first kappa shape index (κ1) is 22.3. The van der Waals surface area contributed by atoms with Crippen LogP contribution < -0.4 is 0 Å². The Bertz CT molecular complexity index is 1450. The van der Waals surface area contributed by atoms with E-state index < -0.39 is 0 Å². The molecule has 0 saturated carbocycles. The number of fused-ring (bicyclic) bond motifs is 4. The van der Waals surface area contributed by atoms with Gasteiger partial charge in [0.1, 0.15) is 0 Å². The fourth-order valence-corrected chi connectivity index (χ4v) is 7.17. The number of rotatable bonds is 3. The summed E-state index contributed by atoms with van der Waals surface area (Å²) in [5.74, 6) is 1.01. The Morgan fingerprint density at radius 2 is 1.00 bits per heavy atom. The summed E-state index contributed by atoms with van der Waals surface area (Å²) < 4.78 is 2.30. The summed E-state index contributed by atoms with van der Waals surface area (Å²) >= 11 is 7.33. The van der Waals surface area contributed by atoms with E-state index in [2.05, 4.69) is 120 Å². The van der Waals surface area contributed by atoms with E-state index in [1.165, 1.54) is 78.9 Å². The lowest BCUT2D eigenvalue weighted by molar-refractivity contribution is 0.612. The van der Waals surface area contributed by atoms with Gasteiger partial charge in [0.25, 0.3) is 0 Å². The van der Waals surface area contributed by atoms with Gasteiger partial charge in [0.2, 0.25) is 0 Å². The molecule has 4 aromatic rings. The molecule has 0 nitrogen and oxygen atoms in total. The quantitative estimate of drug-likeness (QED) is 0.229. The molecular weight excluding hydrogens is 544 g/mol. The molecule has 0 N–H and O–H groups in total. The molecule has 4 aromatic carbocycles. The second kappa shape index (κ2) is 8.21. The number of allylic oxidation sites excluding steroid dienone is 2. The molecule has 2 unspecified atom stereocenters.